The van der Waals surface area contributed by atoms with Gasteiger partial charge in [0.05, 0.1) is 21.9 Å². The molecule has 0 unspecified atom stereocenters. The maximum absolute atomic E-state index is 12.1. The summed E-state index contributed by atoms with van der Waals surface area (Å²) < 4.78 is 27.9. The molecule has 0 aliphatic heterocycles. The van der Waals surface area contributed by atoms with Gasteiger partial charge in [-0.1, -0.05) is 11.6 Å². The van der Waals surface area contributed by atoms with Crippen LogP contribution in [0.1, 0.15) is 5.56 Å². The van der Waals surface area contributed by atoms with Gasteiger partial charge in [0, 0.05) is 25.7 Å². The van der Waals surface area contributed by atoms with E-state index in [4.69, 9.17) is 17.3 Å². The van der Waals surface area contributed by atoms with Gasteiger partial charge in [-0.05, 0) is 42.8 Å². The number of fused-ring (bicyclic) bond motifs is 1. The summed E-state index contributed by atoms with van der Waals surface area (Å²) in [5, 5.41) is 4.03. The average molecular weight is 407 g/mol. The summed E-state index contributed by atoms with van der Waals surface area (Å²) in [6.45, 7) is 1.88. The monoisotopic (exact) mass is 406 g/mol. The molecule has 1 aromatic carbocycles. The number of anilines is 4. The van der Waals surface area contributed by atoms with Gasteiger partial charge in [0.1, 0.15) is 5.82 Å². The Balaban J connectivity index is 2.03. The normalized spacial score (nSPS) is 11.7. The Kier molecular flexibility index (Phi) is 5.09. The predicted octanol–water partition coefficient (Wildman–Crippen LogP) is 3.14. The first kappa shape index (κ1) is 19.2. The van der Waals surface area contributed by atoms with Gasteiger partial charge in [-0.15, -0.1) is 0 Å². The minimum absolute atomic E-state index is 0.385. The van der Waals surface area contributed by atoms with Gasteiger partial charge in [0.2, 0.25) is 0 Å². The van der Waals surface area contributed by atoms with Crippen LogP contribution in [0.5, 0.6) is 0 Å². The molecule has 0 saturated carbocycles. The number of nitrogens with one attached hydrogen (secondary N) is 2. The quantitative estimate of drug-likeness (QED) is 0.599. The van der Waals surface area contributed by atoms with Crippen LogP contribution in [0.4, 0.5) is 23.0 Å². The highest BCUT2D eigenvalue weighted by Crippen LogP contribution is 2.31. The Labute approximate surface area is 162 Å². The molecule has 0 aliphatic rings. The highest BCUT2D eigenvalue weighted by molar-refractivity contribution is 7.90. The van der Waals surface area contributed by atoms with E-state index in [0.717, 1.165) is 9.87 Å². The van der Waals surface area contributed by atoms with Crippen molar-refractivity contribution in [2.45, 2.75) is 6.92 Å². The maximum Gasteiger partial charge on any atom is 0.301 e. The average Bonchev–Trinajstić information content (AvgIpc) is 2.61. The number of hydrogen-bond acceptors (Lipinski definition) is 6. The first-order chi connectivity index (χ1) is 12.7. The van der Waals surface area contributed by atoms with E-state index in [1.54, 1.807) is 30.5 Å². The molecule has 0 fully saturated rings. The van der Waals surface area contributed by atoms with E-state index in [2.05, 4.69) is 20.0 Å². The number of halogens is 1. The van der Waals surface area contributed by atoms with Crippen molar-refractivity contribution in [1.82, 2.24) is 14.3 Å². The summed E-state index contributed by atoms with van der Waals surface area (Å²) in [6.07, 6.45) is 1.65. The van der Waals surface area contributed by atoms with Crippen molar-refractivity contribution in [3.63, 3.8) is 0 Å². The summed E-state index contributed by atoms with van der Waals surface area (Å²) >= 11 is 6.28. The van der Waals surface area contributed by atoms with E-state index in [-0.39, 0.29) is 0 Å². The Bertz CT molecular complexity index is 1120. The summed E-state index contributed by atoms with van der Waals surface area (Å²) in [5.41, 5.74) is 8.29. The molecule has 0 saturated heterocycles. The van der Waals surface area contributed by atoms with Gasteiger partial charge in [0.15, 0.2) is 5.82 Å². The fraction of sp³-hybridized carbons (Fsp3) is 0.176. The van der Waals surface area contributed by atoms with Gasteiger partial charge in [-0.3, -0.25) is 4.72 Å². The molecule has 2 aromatic heterocycles. The molecule has 142 valence electrons. The lowest BCUT2D eigenvalue weighted by Gasteiger charge is -2.16. The third-order valence-corrected chi connectivity index (χ3v) is 5.73. The lowest BCUT2D eigenvalue weighted by molar-refractivity contribution is 0.527. The van der Waals surface area contributed by atoms with Crippen molar-refractivity contribution in [3.8, 4) is 0 Å². The second-order valence-corrected chi connectivity index (χ2v) is 8.38. The van der Waals surface area contributed by atoms with Crippen LogP contribution in [0.3, 0.4) is 0 Å². The Morgan fingerprint density at radius 2 is 1.89 bits per heavy atom. The third-order valence-electron chi connectivity index (χ3n) is 3.98. The molecular formula is C17H19ClN6O2S. The van der Waals surface area contributed by atoms with Crippen molar-refractivity contribution < 1.29 is 8.42 Å². The van der Waals surface area contributed by atoms with E-state index < -0.39 is 10.2 Å². The Morgan fingerprint density at radius 1 is 1.15 bits per heavy atom. The zero-order chi connectivity index (χ0) is 19.8. The third kappa shape index (κ3) is 3.90. The van der Waals surface area contributed by atoms with Crippen molar-refractivity contribution in [3.05, 3.63) is 47.1 Å². The van der Waals surface area contributed by atoms with E-state index in [1.807, 2.05) is 13.0 Å². The molecular weight excluding hydrogens is 388 g/mol. The van der Waals surface area contributed by atoms with Crippen LogP contribution in [0, 0.1) is 6.92 Å². The number of nitrogen functional groups attached to an aromatic ring is 1. The number of rotatable bonds is 5. The summed E-state index contributed by atoms with van der Waals surface area (Å²) in [7, 11) is -0.765. The Morgan fingerprint density at radius 3 is 2.59 bits per heavy atom. The molecule has 0 radical (unpaired) electrons. The largest absolute Gasteiger partial charge is 0.396 e. The first-order valence-electron chi connectivity index (χ1n) is 7.96. The molecule has 3 rings (SSSR count). The Hall–Kier alpha value is -2.62. The van der Waals surface area contributed by atoms with Gasteiger partial charge in [-0.2, -0.15) is 12.7 Å². The smallest absolute Gasteiger partial charge is 0.301 e. The van der Waals surface area contributed by atoms with Gasteiger partial charge in [-0.25, -0.2) is 9.97 Å². The van der Waals surface area contributed by atoms with Crippen molar-refractivity contribution in [2.75, 3.05) is 29.9 Å². The SMILES string of the molecule is Cc1ccnc(Nc2ccc3c(NS(=O)(=O)N(C)C)ccc(Cl)c3n2)c1N. The molecule has 27 heavy (non-hydrogen) atoms. The number of nitrogens with zero attached hydrogens (tertiary/aromatic N) is 3. The number of hydrogen-bond donors (Lipinski definition) is 3. The maximum atomic E-state index is 12.1. The standard InChI is InChI=1S/C17H19ClN6O2S/c1-10-8-9-20-17(15(10)19)22-14-7-4-11-13(23-27(25,26)24(2)3)6-5-12(18)16(11)21-14/h4-9,23H,19H2,1-3H3,(H,20,21,22). The molecule has 3 aromatic rings. The summed E-state index contributed by atoms with van der Waals surface area (Å²) in [6, 6.07) is 8.44. The minimum Gasteiger partial charge on any atom is -0.396 e. The molecule has 8 nitrogen and oxygen atoms in total. The highest BCUT2D eigenvalue weighted by Gasteiger charge is 2.16. The number of aryl methyl sites for hydroxylation is 1. The van der Waals surface area contributed by atoms with Gasteiger partial charge in [0.25, 0.3) is 0 Å². The molecule has 0 amide bonds. The van der Waals surface area contributed by atoms with Crippen LogP contribution >= 0.6 is 11.6 Å². The minimum atomic E-state index is -3.65. The molecule has 0 atom stereocenters. The second kappa shape index (κ2) is 7.18. The van der Waals surface area contributed by atoms with E-state index in [0.29, 0.717) is 38.9 Å². The molecule has 0 spiro atoms. The van der Waals surface area contributed by atoms with Crippen LogP contribution < -0.4 is 15.8 Å². The fourth-order valence-electron chi connectivity index (χ4n) is 2.36. The van der Waals surface area contributed by atoms with Crippen LogP contribution in [0.25, 0.3) is 10.9 Å². The summed E-state index contributed by atoms with van der Waals surface area (Å²) in [5.74, 6) is 0.976. The topological polar surface area (TPSA) is 113 Å². The number of nitrogens with two attached hydrogens (primary N) is 1. The molecule has 10 heteroatoms. The summed E-state index contributed by atoms with van der Waals surface area (Å²) in [4.78, 5) is 8.71. The second-order valence-electron chi connectivity index (χ2n) is 6.09. The lowest BCUT2D eigenvalue weighted by Crippen LogP contribution is -2.29. The van der Waals surface area contributed by atoms with Crippen LogP contribution in [-0.4, -0.2) is 36.8 Å². The van der Waals surface area contributed by atoms with Crippen molar-refractivity contribution >= 4 is 55.7 Å². The number of pyridine rings is 2. The number of aromatic nitrogens is 2. The van der Waals surface area contributed by atoms with Crippen LogP contribution in [0.2, 0.25) is 5.02 Å². The molecule has 0 bridgehead atoms. The van der Waals surface area contributed by atoms with Crippen LogP contribution in [-0.2, 0) is 10.2 Å². The van der Waals surface area contributed by atoms with Gasteiger partial charge < -0.3 is 11.1 Å². The predicted molar refractivity (Wildman–Crippen MR) is 110 cm³/mol. The van der Waals surface area contributed by atoms with E-state index in [9.17, 15) is 8.42 Å². The van der Waals surface area contributed by atoms with Crippen molar-refractivity contribution in [2.24, 2.45) is 0 Å². The molecule has 4 N–H and O–H groups in total. The molecule has 2 heterocycles. The van der Waals surface area contributed by atoms with Crippen molar-refractivity contribution in [1.29, 1.82) is 0 Å². The zero-order valence-corrected chi connectivity index (χ0v) is 16.6. The zero-order valence-electron chi connectivity index (χ0n) is 15.0. The van der Waals surface area contributed by atoms with Gasteiger partial charge >= 0.3 is 10.2 Å². The number of benzene rings is 1. The lowest BCUT2D eigenvalue weighted by atomic mass is 10.2. The fourth-order valence-corrected chi connectivity index (χ4v) is 3.21. The molecule has 0 aliphatic carbocycles. The first-order valence-corrected chi connectivity index (χ1v) is 9.78. The van der Waals surface area contributed by atoms with Crippen LogP contribution in [0.15, 0.2) is 36.5 Å². The highest BCUT2D eigenvalue weighted by atomic mass is 35.5. The van der Waals surface area contributed by atoms with E-state index in [1.165, 1.54) is 14.1 Å². The van der Waals surface area contributed by atoms with E-state index >= 15 is 0 Å².